The van der Waals surface area contributed by atoms with E-state index in [1.807, 2.05) is 12.1 Å². The fourth-order valence-corrected chi connectivity index (χ4v) is 2.71. The van der Waals surface area contributed by atoms with Crippen molar-refractivity contribution >= 4 is 17.9 Å². The van der Waals surface area contributed by atoms with Crippen LogP contribution in [0.15, 0.2) is 18.2 Å². The molecule has 0 atom stereocenters. The highest BCUT2D eigenvalue weighted by Gasteiger charge is 2.24. The minimum absolute atomic E-state index is 0.134. The Morgan fingerprint density at radius 2 is 1.91 bits per heavy atom. The van der Waals surface area contributed by atoms with Crippen molar-refractivity contribution in [2.24, 2.45) is 0 Å². The molecule has 6 heteroatoms. The van der Waals surface area contributed by atoms with Crippen LogP contribution < -0.4 is 10.6 Å². The van der Waals surface area contributed by atoms with E-state index in [0.29, 0.717) is 0 Å². The number of carbonyl (C=O) groups excluding carboxylic acids is 3. The fourth-order valence-electron chi connectivity index (χ4n) is 2.71. The minimum Gasteiger partial charge on any atom is -0.455 e. The predicted octanol–water partition coefficient (Wildman–Crippen LogP) is 1.25. The Morgan fingerprint density at radius 1 is 1.13 bits per heavy atom. The van der Waals surface area contributed by atoms with E-state index in [2.05, 4.69) is 16.7 Å². The van der Waals surface area contributed by atoms with Crippen molar-refractivity contribution in [2.45, 2.75) is 44.6 Å². The fraction of sp³-hybridized carbons (Fsp3) is 0.471. The number of nitrogens with one attached hydrogen (secondary N) is 2. The normalized spacial score (nSPS) is 15.7. The molecule has 0 bridgehead atoms. The van der Waals surface area contributed by atoms with Gasteiger partial charge in [0, 0.05) is 6.04 Å². The van der Waals surface area contributed by atoms with Crippen molar-refractivity contribution < 1.29 is 19.1 Å². The molecule has 2 aliphatic carbocycles. The first-order valence-electron chi connectivity index (χ1n) is 7.97. The standard InChI is InChI=1S/C17H20N2O4/c20-15(19-17(22)18-14-6-7-14)10-23-16(21)9-11-4-5-12-2-1-3-13(12)8-11/h4-5,8,14H,1-3,6-7,9-10H2,(H2,18,19,20,22). The zero-order valence-corrected chi connectivity index (χ0v) is 12.9. The summed E-state index contributed by atoms with van der Waals surface area (Å²) in [5.74, 6) is -1.09. The van der Waals surface area contributed by atoms with Gasteiger partial charge in [-0.2, -0.15) is 0 Å². The van der Waals surface area contributed by atoms with Crippen molar-refractivity contribution in [1.82, 2.24) is 10.6 Å². The lowest BCUT2D eigenvalue weighted by Crippen LogP contribution is -2.42. The Hall–Kier alpha value is -2.37. The van der Waals surface area contributed by atoms with E-state index in [4.69, 9.17) is 4.74 Å². The van der Waals surface area contributed by atoms with Crippen molar-refractivity contribution in [3.63, 3.8) is 0 Å². The van der Waals surface area contributed by atoms with E-state index in [1.165, 1.54) is 11.1 Å². The van der Waals surface area contributed by atoms with Crippen molar-refractivity contribution in [3.05, 3.63) is 34.9 Å². The zero-order valence-electron chi connectivity index (χ0n) is 12.9. The average molecular weight is 316 g/mol. The molecule has 2 N–H and O–H groups in total. The number of imide groups is 1. The Morgan fingerprint density at radius 3 is 2.70 bits per heavy atom. The molecule has 1 aromatic rings. The number of rotatable bonds is 5. The molecule has 1 fully saturated rings. The third-order valence-corrected chi connectivity index (χ3v) is 4.04. The Bertz CT molecular complexity index is 637. The maximum absolute atomic E-state index is 11.8. The first kappa shape index (κ1) is 15.5. The lowest BCUT2D eigenvalue weighted by Gasteiger charge is -2.07. The predicted molar refractivity (Wildman–Crippen MR) is 82.8 cm³/mol. The summed E-state index contributed by atoms with van der Waals surface area (Å²) in [6, 6.07) is 5.65. The molecule has 1 aromatic carbocycles. The molecule has 0 unspecified atom stereocenters. The van der Waals surface area contributed by atoms with E-state index in [1.54, 1.807) is 0 Å². The van der Waals surface area contributed by atoms with Gasteiger partial charge in [0.2, 0.25) is 0 Å². The first-order valence-corrected chi connectivity index (χ1v) is 7.97. The van der Waals surface area contributed by atoms with Gasteiger partial charge in [-0.15, -0.1) is 0 Å². The highest BCUT2D eigenvalue weighted by Crippen LogP contribution is 2.23. The van der Waals surface area contributed by atoms with Crippen LogP contribution in [0.3, 0.4) is 0 Å². The van der Waals surface area contributed by atoms with Crippen LogP contribution in [-0.2, 0) is 33.6 Å². The lowest BCUT2D eigenvalue weighted by molar-refractivity contribution is -0.147. The summed E-state index contributed by atoms with van der Waals surface area (Å²) in [4.78, 5) is 34.7. The third kappa shape index (κ3) is 4.55. The average Bonchev–Trinajstić information content (AvgIpc) is 3.19. The van der Waals surface area contributed by atoms with Gasteiger partial charge in [0.15, 0.2) is 6.61 Å². The highest BCUT2D eigenvalue weighted by molar-refractivity contribution is 5.95. The maximum atomic E-state index is 11.8. The van der Waals surface area contributed by atoms with Crippen LogP contribution in [-0.4, -0.2) is 30.6 Å². The second kappa shape index (κ2) is 6.81. The van der Waals surface area contributed by atoms with Crippen molar-refractivity contribution in [2.75, 3.05) is 6.61 Å². The van der Waals surface area contributed by atoms with Crippen molar-refractivity contribution in [3.8, 4) is 0 Å². The highest BCUT2D eigenvalue weighted by atomic mass is 16.5. The number of hydrogen-bond acceptors (Lipinski definition) is 4. The second-order valence-electron chi connectivity index (χ2n) is 6.09. The molecule has 2 aliphatic rings. The quantitative estimate of drug-likeness (QED) is 0.801. The Labute approximate surface area is 134 Å². The summed E-state index contributed by atoms with van der Waals surface area (Å²) in [5.41, 5.74) is 3.54. The number of ether oxygens (including phenoxy) is 1. The lowest BCUT2D eigenvalue weighted by atomic mass is 10.0. The monoisotopic (exact) mass is 316 g/mol. The van der Waals surface area contributed by atoms with Gasteiger partial charge in [0.05, 0.1) is 6.42 Å². The van der Waals surface area contributed by atoms with Crippen LogP contribution >= 0.6 is 0 Å². The molecule has 0 heterocycles. The van der Waals surface area contributed by atoms with Crippen LogP contribution in [0.2, 0.25) is 0 Å². The van der Waals surface area contributed by atoms with E-state index in [9.17, 15) is 14.4 Å². The van der Waals surface area contributed by atoms with Crippen LogP contribution in [0.4, 0.5) is 4.79 Å². The van der Waals surface area contributed by atoms with Gasteiger partial charge in [0.1, 0.15) is 0 Å². The first-order chi connectivity index (χ1) is 11.1. The number of carbonyl (C=O) groups is 3. The molecule has 0 aliphatic heterocycles. The summed E-state index contributed by atoms with van der Waals surface area (Å²) in [5, 5.41) is 4.76. The van der Waals surface area contributed by atoms with Crippen LogP contribution in [0.1, 0.15) is 36.0 Å². The van der Waals surface area contributed by atoms with Gasteiger partial charge in [-0.1, -0.05) is 18.2 Å². The minimum atomic E-state index is -0.620. The number of esters is 1. The summed E-state index contributed by atoms with van der Waals surface area (Å²) in [6.45, 7) is -0.443. The molecule has 6 nitrogen and oxygen atoms in total. The Balaban J connectivity index is 1.40. The molecule has 0 spiro atoms. The molecular weight excluding hydrogens is 296 g/mol. The molecule has 122 valence electrons. The third-order valence-electron chi connectivity index (χ3n) is 4.04. The van der Waals surface area contributed by atoms with Gasteiger partial charge < -0.3 is 10.1 Å². The topological polar surface area (TPSA) is 84.5 Å². The van der Waals surface area contributed by atoms with Gasteiger partial charge >= 0.3 is 12.0 Å². The smallest absolute Gasteiger partial charge is 0.321 e. The molecule has 3 rings (SSSR count). The summed E-state index contributed by atoms with van der Waals surface area (Å²) in [6.07, 6.45) is 5.33. The largest absolute Gasteiger partial charge is 0.455 e. The molecule has 23 heavy (non-hydrogen) atoms. The summed E-state index contributed by atoms with van der Waals surface area (Å²) < 4.78 is 4.92. The number of urea groups is 1. The van der Waals surface area contributed by atoms with Gasteiger partial charge in [-0.05, 0) is 48.8 Å². The molecular formula is C17H20N2O4. The molecule has 0 radical (unpaired) electrons. The van der Waals surface area contributed by atoms with Crippen LogP contribution in [0, 0.1) is 0 Å². The van der Waals surface area contributed by atoms with Gasteiger partial charge in [-0.3, -0.25) is 14.9 Å². The van der Waals surface area contributed by atoms with E-state index in [-0.39, 0.29) is 12.5 Å². The molecule has 3 amide bonds. The van der Waals surface area contributed by atoms with E-state index >= 15 is 0 Å². The number of fused-ring (bicyclic) bond motifs is 1. The van der Waals surface area contributed by atoms with Crippen molar-refractivity contribution in [1.29, 1.82) is 0 Å². The van der Waals surface area contributed by atoms with Gasteiger partial charge in [-0.25, -0.2) is 4.79 Å². The summed E-state index contributed by atoms with van der Waals surface area (Å²) in [7, 11) is 0. The van der Waals surface area contributed by atoms with E-state index in [0.717, 1.165) is 37.7 Å². The maximum Gasteiger partial charge on any atom is 0.321 e. The second-order valence-corrected chi connectivity index (χ2v) is 6.09. The van der Waals surface area contributed by atoms with Crippen LogP contribution in [0.5, 0.6) is 0 Å². The number of hydrogen-bond donors (Lipinski definition) is 2. The number of aryl methyl sites for hydroxylation is 2. The Kier molecular flexibility index (Phi) is 4.60. The number of amides is 3. The zero-order chi connectivity index (χ0) is 16.2. The summed E-state index contributed by atoms with van der Waals surface area (Å²) >= 11 is 0. The molecule has 0 aromatic heterocycles. The van der Waals surface area contributed by atoms with E-state index < -0.39 is 24.5 Å². The number of benzene rings is 1. The van der Waals surface area contributed by atoms with Gasteiger partial charge in [0.25, 0.3) is 5.91 Å². The molecule has 0 saturated heterocycles. The van der Waals surface area contributed by atoms with Crippen LogP contribution in [0.25, 0.3) is 0 Å². The molecule has 1 saturated carbocycles. The SMILES string of the molecule is O=C(COC(=O)Cc1ccc2c(c1)CCC2)NC(=O)NC1CC1.